The van der Waals surface area contributed by atoms with Crippen molar-refractivity contribution in [3.63, 3.8) is 0 Å². The molecule has 0 spiro atoms. The van der Waals surface area contributed by atoms with Crippen LogP contribution in [0.3, 0.4) is 0 Å². The lowest BCUT2D eigenvalue weighted by Crippen LogP contribution is -2.51. The largest absolute Gasteiger partial charge is 0.357 e. The van der Waals surface area contributed by atoms with E-state index < -0.39 is 28.5 Å². The number of sulfonamides is 1. The van der Waals surface area contributed by atoms with Crippen LogP contribution < -0.4 is 9.62 Å². The third-order valence-electron chi connectivity index (χ3n) is 6.36. The normalized spacial score (nSPS) is 12.2. The zero-order valence-electron chi connectivity index (χ0n) is 22.1. The summed E-state index contributed by atoms with van der Waals surface area (Å²) in [5, 5.41) is 3.17. The molecule has 38 heavy (non-hydrogen) atoms. The average molecular weight is 556 g/mol. The van der Waals surface area contributed by atoms with Crippen LogP contribution >= 0.6 is 11.6 Å². The molecule has 0 radical (unpaired) electrons. The fourth-order valence-corrected chi connectivity index (χ4v) is 5.71. The molecule has 3 rings (SSSR count). The summed E-state index contributed by atoms with van der Waals surface area (Å²) in [6.07, 6.45) is 0.355. The first-order chi connectivity index (χ1) is 18.1. The molecule has 0 fully saturated rings. The molecular weight excluding hydrogens is 522 g/mol. The van der Waals surface area contributed by atoms with Gasteiger partial charge in [0.05, 0.1) is 10.6 Å². The Morgan fingerprint density at radius 3 is 2.05 bits per heavy atom. The number of anilines is 1. The van der Waals surface area contributed by atoms with Crippen molar-refractivity contribution in [2.24, 2.45) is 0 Å². The summed E-state index contributed by atoms with van der Waals surface area (Å²) >= 11 is 6.03. The highest BCUT2D eigenvalue weighted by Crippen LogP contribution is 2.27. The second-order valence-corrected chi connectivity index (χ2v) is 11.6. The Labute approximate surface area is 230 Å². The molecule has 0 aliphatic heterocycles. The average Bonchev–Trinajstić information content (AvgIpc) is 2.92. The molecule has 3 aromatic rings. The summed E-state index contributed by atoms with van der Waals surface area (Å²) in [4.78, 5) is 28.1. The van der Waals surface area contributed by atoms with Gasteiger partial charge in [-0.2, -0.15) is 0 Å². The molecular formula is C29H34ClN3O4S. The standard InChI is InChI=1S/C29H34ClN3O4S/c1-5-27(29(35)31-4)32(19-22-11-15-24(30)16-12-22)28(34)20-33(25-17-13-23(14-18-25)21(2)3)38(36,37)26-9-7-6-8-10-26/h6-18,21,27H,5,19-20H2,1-4H3,(H,31,35)/t27-/m0/s1. The maximum Gasteiger partial charge on any atom is 0.264 e. The number of carbonyl (C=O) groups is 2. The van der Waals surface area contributed by atoms with Crippen LogP contribution in [0, 0.1) is 0 Å². The molecule has 1 atom stereocenters. The molecule has 1 N–H and O–H groups in total. The van der Waals surface area contributed by atoms with E-state index in [0.29, 0.717) is 17.1 Å². The lowest BCUT2D eigenvalue weighted by atomic mass is 10.0. The summed E-state index contributed by atoms with van der Waals surface area (Å²) in [5.74, 6) is -0.561. The molecule has 0 bridgehead atoms. The number of benzene rings is 3. The maximum atomic E-state index is 13.9. The van der Waals surface area contributed by atoms with E-state index in [1.807, 2.05) is 19.1 Å². The first-order valence-corrected chi connectivity index (χ1v) is 14.3. The van der Waals surface area contributed by atoms with Gasteiger partial charge in [-0.25, -0.2) is 8.42 Å². The number of nitrogens with zero attached hydrogens (tertiary/aromatic N) is 2. The van der Waals surface area contributed by atoms with E-state index in [2.05, 4.69) is 19.2 Å². The van der Waals surface area contributed by atoms with Crippen LogP contribution in [0.1, 0.15) is 44.2 Å². The number of hydrogen-bond donors (Lipinski definition) is 1. The van der Waals surface area contributed by atoms with Gasteiger partial charge >= 0.3 is 0 Å². The number of nitrogens with one attached hydrogen (secondary N) is 1. The summed E-state index contributed by atoms with van der Waals surface area (Å²) in [5.41, 5.74) is 2.18. The van der Waals surface area contributed by atoms with E-state index in [0.717, 1.165) is 15.4 Å². The predicted molar refractivity (Wildman–Crippen MR) is 152 cm³/mol. The van der Waals surface area contributed by atoms with Gasteiger partial charge in [0.25, 0.3) is 10.0 Å². The molecule has 0 unspecified atom stereocenters. The molecule has 3 aromatic carbocycles. The Kier molecular flexibility index (Phi) is 9.94. The molecule has 0 aromatic heterocycles. The van der Waals surface area contributed by atoms with Gasteiger partial charge in [-0.3, -0.25) is 13.9 Å². The first-order valence-electron chi connectivity index (χ1n) is 12.5. The maximum absolute atomic E-state index is 13.9. The minimum Gasteiger partial charge on any atom is -0.357 e. The van der Waals surface area contributed by atoms with Gasteiger partial charge in [-0.15, -0.1) is 0 Å². The van der Waals surface area contributed by atoms with Gasteiger partial charge in [0.1, 0.15) is 12.6 Å². The number of rotatable bonds is 11. The van der Waals surface area contributed by atoms with Gasteiger partial charge in [-0.05, 0) is 59.9 Å². The van der Waals surface area contributed by atoms with Crippen LogP contribution in [0.2, 0.25) is 5.02 Å². The number of amides is 2. The zero-order valence-corrected chi connectivity index (χ0v) is 23.7. The van der Waals surface area contributed by atoms with Crippen molar-refractivity contribution >= 4 is 39.1 Å². The predicted octanol–water partition coefficient (Wildman–Crippen LogP) is 5.21. The van der Waals surface area contributed by atoms with Gasteiger partial charge in [-0.1, -0.05) is 74.8 Å². The number of likely N-dealkylation sites (N-methyl/N-ethyl adjacent to an activating group) is 1. The van der Waals surface area contributed by atoms with Crippen molar-refractivity contribution in [2.45, 2.75) is 50.6 Å². The Morgan fingerprint density at radius 2 is 1.53 bits per heavy atom. The van der Waals surface area contributed by atoms with Crippen LogP contribution in [0.5, 0.6) is 0 Å². The minimum atomic E-state index is -4.08. The Bertz CT molecular complexity index is 1330. The van der Waals surface area contributed by atoms with Crippen molar-refractivity contribution in [3.05, 3.63) is 95.0 Å². The van der Waals surface area contributed by atoms with Crippen molar-refractivity contribution in [3.8, 4) is 0 Å². The smallest absolute Gasteiger partial charge is 0.264 e. The molecule has 9 heteroatoms. The molecule has 7 nitrogen and oxygen atoms in total. The monoisotopic (exact) mass is 555 g/mol. The fourth-order valence-electron chi connectivity index (χ4n) is 4.15. The fraction of sp³-hybridized carbons (Fsp3) is 0.310. The van der Waals surface area contributed by atoms with Crippen LogP contribution in [0.4, 0.5) is 5.69 Å². The summed E-state index contributed by atoms with van der Waals surface area (Å²) in [6.45, 7) is 5.56. The highest BCUT2D eigenvalue weighted by Gasteiger charge is 2.33. The van der Waals surface area contributed by atoms with E-state index in [1.165, 1.54) is 24.1 Å². The van der Waals surface area contributed by atoms with Crippen molar-refractivity contribution < 1.29 is 18.0 Å². The van der Waals surface area contributed by atoms with Crippen LogP contribution in [0.15, 0.2) is 83.8 Å². The third-order valence-corrected chi connectivity index (χ3v) is 8.40. The molecule has 0 saturated carbocycles. The Hall–Kier alpha value is -3.36. The van der Waals surface area contributed by atoms with Crippen LogP contribution in [-0.4, -0.2) is 44.8 Å². The van der Waals surface area contributed by atoms with Gasteiger partial charge in [0, 0.05) is 18.6 Å². The number of halogens is 1. The molecule has 0 aliphatic rings. The molecule has 0 heterocycles. The van der Waals surface area contributed by atoms with Crippen molar-refractivity contribution in [1.29, 1.82) is 0 Å². The zero-order chi connectivity index (χ0) is 27.9. The topological polar surface area (TPSA) is 86.8 Å². The first kappa shape index (κ1) is 29.2. The second kappa shape index (κ2) is 12.9. The van der Waals surface area contributed by atoms with E-state index in [9.17, 15) is 18.0 Å². The highest BCUT2D eigenvalue weighted by atomic mass is 35.5. The Morgan fingerprint density at radius 1 is 0.921 bits per heavy atom. The summed E-state index contributed by atoms with van der Waals surface area (Å²) in [6, 6.07) is 21.4. The molecule has 202 valence electrons. The van der Waals surface area contributed by atoms with E-state index in [4.69, 9.17) is 11.6 Å². The van der Waals surface area contributed by atoms with Crippen molar-refractivity contribution in [2.75, 3.05) is 17.9 Å². The van der Waals surface area contributed by atoms with E-state index in [1.54, 1.807) is 54.6 Å². The minimum absolute atomic E-state index is 0.0725. The second-order valence-electron chi connectivity index (χ2n) is 9.26. The van der Waals surface area contributed by atoms with Gasteiger partial charge < -0.3 is 10.2 Å². The van der Waals surface area contributed by atoms with Gasteiger partial charge in [0.15, 0.2) is 0 Å². The highest BCUT2D eigenvalue weighted by molar-refractivity contribution is 7.92. The van der Waals surface area contributed by atoms with Crippen molar-refractivity contribution in [1.82, 2.24) is 10.2 Å². The van der Waals surface area contributed by atoms with E-state index >= 15 is 0 Å². The third kappa shape index (κ3) is 6.94. The lowest BCUT2D eigenvalue weighted by molar-refractivity contribution is -0.140. The van der Waals surface area contributed by atoms with E-state index in [-0.39, 0.29) is 23.3 Å². The number of carbonyl (C=O) groups excluding carboxylic acids is 2. The lowest BCUT2D eigenvalue weighted by Gasteiger charge is -2.33. The van der Waals surface area contributed by atoms with Crippen LogP contribution in [-0.2, 0) is 26.2 Å². The molecule has 2 amide bonds. The Balaban J connectivity index is 2.05. The molecule has 0 aliphatic carbocycles. The quantitative estimate of drug-likeness (QED) is 0.352. The number of hydrogen-bond acceptors (Lipinski definition) is 4. The van der Waals surface area contributed by atoms with Gasteiger partial charge in [0.2, 0.25) is 11.8 Å². The van der Waals surface area contributed by atoms with Crippen LogP contribution in [0.25, 0.3) is 0 Å². The molecule has 0 saturated heterocycles. The SMILES string of the molecule is CC[C@@H](C(=O)NC)N(Cc1ccc(Cl)cc1)C(=O)CN(c1ccc(C(C)C)cc1)S(=O)(=O)c1ccccc1. The summed E-state index contributed by atoms with van der Waals surface area (Å²) < 4.78 is 28.7. The summed E-state index contributed by atoms with van der Waals surface area (Å²) in [7, 11) is -2.57.